The molecule has 1 aliphatic carbocycles. The van der Waals surface area contributed by atoms with Crippen LogP contribution in [0.25, 0.3) is 0 Å². The second kappa shape index (κ2) is 8.90. The van der Waals surface area contributed by atoms with E-state index in [2.05, 4.69) is 15.0 Å². The molecule has 1 aliphatic heterocycles. The number of pyridine rings is 1. The van der Waals surface area contributed by atoms with E-state index in [1.54, 1.807) is 4.90 Å². The summed E-state index contributed by atoms with van der Waals surface area (Å²) in [7, 11) is 0. The minimum Gasteiger partial charge on any atom is -0.468 e. The normalized spacial score (nSPS) is 18.3. The van der Waals surface area contributed by atoms with Gasteiger partial charge in [-0.05, 0) is 44.2 Å². The molecule has 1 N–H and O–H groups in total. The molecule has 9 heteroatoms. The zero-order valence-corrected chi connectivity index (χ0v) is 15.1. The van der Waals surface area contributed by atoms with E-state index >= 15 is 0 Å². The number of piperidine rings is 1. The second-order valence-electron chi connectivity index (χ2n) is 6.71. The van der Waals surface area contributed by atoms with Crippen molar-refractivity contribution in [3.8, 4) is 5.88 Å². The standard InChI is InChI=1S/C17H22F3N3O2.ClH/c18-17(19,20)11-25-15-4-3-13(10-22-15)16(24)23-7-5-14(6-8-23)21-9-12-1-2-12;/h3-4,10,12,14,21H,1-2,5-9,11H2;1H. The number of amides is 1. The first-order valence-corrected chi connectivity index (χ1v) is 8.59. The van der Waals surface area contributed by atoms with Crippen molar-refractivity contribution < 1.29 is 22.7 Å². The van der Waals surface area contributed by atoms with Gasteiger partial charge in [0.15, 0.2) is 6.61 Å². The van der Waals surface area contributed by atoms with Crippen LogP contribution >= 0.6 is 12.4 Å². The first-order valence-electron chi connectivity index (χ1n) is 8.59. The molecule has 0 atom stereocenters. The molecule has 2 fully saturated rings. The first-order chi connectivity index (χ1) is 11.9. The monoisotopic (exact) mass is 393 g/mol. The first kappa shape index (κ1) is 20.8. The Bertz CT molecular complexity index is 586. The highest BCUT2D eigenvalue weighted by atomic mass is 35.5. The molecule has 1 aromatic heterocycles. The summed E-state index contributed by atoms with van der Waals surface area (Å²) >= 11 is 0. The molecule has 2 aliphatic rings. The Balaban J connectivity index is 0.00000243. The molecular weight excluding hydrogens is 371 g/mol. The van der Waals surface area contributed by atoms with Crippen LogP contribution in [0.5, 0.6) is 5.88 Å². The van der Waals surface area contributed by atoms with Crippen LogP contribution in [0.3, 0.4) is 0 Å². The highest BCUT2D eigenvalue weighted by Gasteiger charge is 2.29. The zero-order chi connectivity index (χ0) is 17.9. The molecule has 1 aromatic rings. The van der Waals surface area contributed by atoms with E-state index in [-0.39, 0.29) is 24.2 Å². The van der Waals surface area contributed by atoms with Gasteiger partial charge in [-0.15, -0.1) is 12.4 Å². The Hall–Kier alpha value is -1.54. The number of alkyl halides is 3. The lowest BCUT2D eigenvalue weighted by molar-refractivity contribution is -0.154. The molecule has 1 amide bonds. The largest absolute Gasteiger partial charge is 0.468 e. The van der Waals surface area contributed by atoms with Gasteiger partial charge in [0.25, 0.3) is 5.91 Å². The summed E-state index contributed by atoms with van der Waals surface area (Å²) < 4.78 is 40.9. The van der Waals surface area contributed by atoms with E-state index in [9.17, 15) is 18.0 Å². The summed E-state index contributed by atoms with van der Waals surface area (Å²) in [6, 6.07) is 3.21. The highest BCUT2D eigenvalue weighted by Crippen LogP contribution is 2.28. The molecule has 26 heavy (non-hydrogen) atoms. The molecule has 0 unspecified atom stereocenters. The molecule has 3 rings (SSSR count). The Morgan fingerprint density at radius 2 is 1.92 bits per heavy atom. The average molecular weight is 394 g/mol. The molecule has 0 radical (unpaired) electrons. The van der Waals surface area contributed by atoms with E-state index < -0.39 is 12.8 Å². The van der Waals surface area contributed by atoms with Crippen molar-refractivity contribution >= 4 is 18.3 Å². The predicted octanol–water partition coefficient (Wildman–Crippen LogP) is 3.05. The summed E-state index contributed by atoms with van der Waals surface area (Å²) in [6.07, 6.45) is 1.33. The predicted molar refractivity (Wildman–Crippen MR) is 92.7 cm³/mol. The fraction of sp³-hybridized carbons (Fsp3) is 0.647. The van der Waals surface area contributed by atoms with Crippen LogP contribution in [0.2, 0.25) is 0 Å². The third kappa shape index (κ3) is 6.32. The Morgan fingerprint density at radius 3 is 2.46 bits per heavy atom. The van der Waals surface area contributed by atoms with E-state index in [1.807, 2.05) is 0 Å². The van der Waals surface area contributed by atoms with Crippen molar-refractivity contribution in [1.82, 2.24) is 15.2 Å². The quantitative estimate of drug-likeness (QED) is 0.807. The third-order valence-corrected chi connectivity index (χ3v) is 4.54. The Labute approximate surface area is 156 Å². The van der Waals surface area contributed by atoms with Crippen molar-refractivity contribution in [1.29, 1.82) is 0 Å². The van der Waals surface area contributed by atoms with Gasteiger partial charge in [-0.3, -0.25) is 4.79 Å². The van der Waals surface area contributed by atoms with Gasteiger partial charge in [0, 0.05) is 31.4 Å². The summed E-state index contributed by atoms with van der Waals surface area (Å²) in [5.41, 5.74) is 0.365. The number of aromatic nitrogens is 1. The average Bonchev–Trinajstić information content (AvgIpc) is 3.42. The van der Waals surface area contributed by atoms with Gasteiger partial charge in [0.1, 0.15) is 0 Å². The van der Waals surface area contributed by atoms with E-state index in [0.717, 1.165) is 25.3 Å². The molecular formula is C17H23ClF3N3O2. The summed E-state index contributed by atoms with van der Waals surface area (Å²) in [6.45, 7) is 1.03. The summed E-state index contributed by atoms with van der Waals surface area (Å²) in [4.78, 5) is 18.0. The van der Waals surface area contributed by atoms with Crippen molar-refractivity contribution in [2.75, 3.05) is 26.2 Å². The highest BCUT2D eigenvalue weighted by molar-refractivity contribution is 5.94. The molecule has 0 aromatic carbocycles. The van der Waals surface area contributed by atoms with Crippen molar-refractivity contribution in [2.24, 2.45) is 5.92 Å². The van der Waals surface area contributed by atoms with Crippen molar-refractivity contribution in [3.05, 3.63) is 23.9 Å². The van der Waals surface area contributed by atoms with Crippen molar-refractivity contribution in [2.45, 2.75) is 37.9 Å². The number of hydrogen-bond acceptors (Lipinski definition) is 4. The molecule has 0 bridgehead atoms. The fourth-order valence-corrected chi connectivity index (χ4v) is 2.87. The van der Waals surface area contributed by atoms with E-state index in [0.29, 0.717) is 24.7 Å². The SMILES string of the molecule is Cl.O=C(c1ccc(OCC(F)(F)F)nc1)N1CCC(NCC2CC2)CC1. The van der Waals surface area contributed by atoms with Gasteiger partial charge in [0.05, 0.1) is 5.56 Å². The number of likely N-dealkylation sites (tertiary alicyclic amines) is 1. The van der Waals surface area contributed by atoms with Gasteiger partial charge in [-0.25, -0.2) is 4.98 Å². The second-order valence-corrected chi connectivity index (χ2v) is 6.71. The van der Waals surface area contributed by atoms with Crippen LogP contribution in [-0.2, 0) is 0 Å². The minimum atomic E-state index is -4.41. The molecule has 146 valence electrons. The van der Waals surface area contributed by atoms with Crippen LogP contribution < -0.4 is 10.1 Å². The van der Waals surface area contributed by atoms with Crippen LogP contribution in [0.1, 0.15) is 36.0 Å². The lowest BCUT2D eigenvalue weighted by Crippen LogP contribution is -2.45. The summed E-state index contributed by atoms with van der Waals surface area (Å²) in [5.74, 6) is 0.552. The summed E-state index contributed by atoms with van der Waals surface area (Å²) in [5, 5.41) is 3.56. The number of rotatable bonds is 6. The van der Waals surface area contributed by atoms with Gasteiger partial charge >= 0.3 is 6.18 Å². The maximum Gasteiger partial charge on any atom is 0.422 e. The number of nitrogens with one attached hydrogen (secondary N) is 1. The maximum absolute atomic E-state index is 12.5. The topological polar surface area (TPSA) is 54.5 Å². The van der Waals surface area contributed by atoms with Gasteiger partial charge < -0.3 is 15.0 Å². The minimum absolute atomic E-state index is 0. The van der Waals surface area contributed by atoms with E-state index in [4.69, 9.17) is 0 Å². The fourth-order valence-electron chi connectivity index (χ4n) is 2.87. The third-order valence-electron chi connectivity index (χ3n) is 4.54. The lowest BCUT2D eigenvalue weighted by Gasteiger charge is -2.32. The number of hydrogen-bond donors (Lipinski definition) is 1. The maximum atomic E-state index is 12.5. The zero-order valence-electron chi connectivity index (χ0n) is 14.3. The molecule has 2 heterocycles. The number of ether oxygens (including phenoxy) is 1. The van der Waals surface area contributed by atoms with Crippen molar-refractivity contribution in [3.63, 3.8) is 0 Å². The van der Waals surface area contributed by atoms with Gasteiger partial charge in [-0.1, -0.05) is 0 Å². The smallest absolute Gasteiger partial charge is 0.422 e. The van der Waals surface area contributed by atoms with E-state index in [1.165, 1.54) is 31.2 Å². The molecule has 1 saturated carbocycles. The van der Waals surface area contributed by atoms with Crippen LogP contribution in [-0.4, -0.2) is 54.3 Å². The number of halogens is 4. The Kier molecular flexibility index (Phi) is 7.11. The number of nitrogens with zero attached hydrogens (tertiary/aromatic N) is 2. The van der Waals surface area contributed by atoms with Gasteiger partial charge in [0.2, 0.25) is 5.88 Å². The number of carbonyl (C=O) groups excluding carboxylic acids is 1. The molecule has 0 spiro atoms. The van der Waals surface area contributed by atoms with Crippen LogP contribution in [0.4, 0.5) is 13.2 Å². The molecule has 5 nitrogen and oxygen atoms in total. The number of carbonyl (C=O) groups is 1. The lowest BCUT2D eigenvalue weighted by atomic mass is 10.0. The van der Waals surface area contributed by atoms with Crippen LogP contribution in [0.15, 0.2) is 18.3 Å². The Morgan fingerprint density at radius 1 is 1.23 bits per heavy atom. The van der Waals surface area contributed by atoms with Crippen LogP contribution in [0, 0.1) is 5.92 Å². The molecule has 1 saturated heterocycles. The van der Waals surface area contributed by atoms with Gasteiger partial charge in [-0.2, -0.15) is 13.2 Å².